The predicted molar refractivity (Wildman–Crippen MR) is 104 cm³/mol. The summed E-state index contributed by atoms with van der Waals surface area (Å²) in [5.74, 6) is -0.297. The number of carbonyl (C=O) groups is 2. The molecule has 0 fully saturated rings. The average molecular weight is 374 g/mol. The van der Waals surface area contributed by atoms with Gasteiger partial charge in [-0.1, -0.05) is 17.7 Å². The van der Waals surface area contributed by atoms with E-state index in [0.717, 1.165) is 5.69 Å². The molecule has 1 aromatic carbocycles. The number of carbonyl (C=O) groups excluding carboxylic acids is 2. The van der Waals surface area contributed by atoms with Crippen molar-refractivity contribution in [2.75, 3.05) is 17.2 Å². The van der Waals surface area contributed by atoms with E-state index in [4.69, 9.17) is 11.6 Å². The molecular weight excluding hydrogens is 354 g/mol. The molecule has 0 bridgehead atoms. The Bertz CT molecular complexity index is 840. The molecule has 0 saturated carbocycles. The van der Waals surface area contributed by atoms with Gasteiger partial charge in [0.15, 0.2) is 0 Å². The zero-order valence-electron chi connectivity index (χ0n) is 14.5. The molecule has 136 valence electrons. The molecular formula is C18H20ClN5O2. The number of hydrogen-bond acceptors (Lipinski definition) is 3. The molecule has 0 saturated heterocycles. The van der Waals surface area contributed by atoms with Gasteiger partial charge in [0, 0.05) is 36.6 Å². The third kappa shape index (κ3) is 5.22. The van der Waals surface area contributed by atoms with Crippen LogP contribution < -0.4 is 16.0 Å². The van der Waals surface area contributed by atoms with Crippen LogP contribution in [0.25, 0.3) is 6.08 Å². The van der Waals surface area contributed by atoms with Crippen LogP contribution >= 0.6 is 11.6 Å². The van der Waals surface area contributed by atoms with E-state index < -0.39 is 0 Å². The summed E-state index contributed by atoms with van der Waals surface area (Å²) in [6.45, 7) is 5.73. The molecule has 0 aliphatic heterocycles. The molecule has 1 heterocycles. The first kappa shape index (κ1) is 19.3. The van der Waals surface area contributed by atoms with Crippen LogP contribution in [0.5, 0.6) is 0 Å². The van der Waals surface area contributed by atoms with Crippen LogP contribution in [0.1, 0.15) is 11.3 Å². The highest BCUT2D eigenvalue weighted by atomic mass is 35.5. The van der Waals surface area contributed by atoms with Crippen LogP contribution in [0.3, 0.4) is 0 Å². The zero-order chi connectivity index (χ0) is 19.1. The van der Waals surface area contributed by atoms with Crippen LogP contribution in [-0.2, 0) is 11.8 Å². The third-order valence-corrected chi connectivity index (χ3v) is 3.86. The van der Waals surface area contributed by atoms with Gasteiger partial charge in [0.2, 0.25) is 5.91 Å². The second-order valence-corrected chi connectivity index (χ2v) is 5.80. The first-order valence-electron chi connectivity index (χ1n) is 7.84. The number of urea groups is 1. The monoisotopic (exact) mass is 373 g/mol. The summed E-state index contributed by atoms with van der Waals surface area (Å²) in [7, 11) is 1.74. The van der Waals surface area contributed by atoms with Gasteiger partial charge in [0.05, 0.1) is 5.69 Å². The Morgan fingerprint density at radius 1 is 1.23 bits per heavy atom. The number of aromatic nitrogens is 2. The molecule has 1 aromatic heterocycles. The molecule has 8 heteroatoms. The minimum atomic E-state index is -0.326. The summed E-state index contributed by atoms with van der Waals surface area (Å²) in [6, 6.07) is 6.44. The highest BCUT2D eigenvalue weighted by molar-refractivity contribution is 6.31. The van der Waals surface area contributed by atoms with Crippen LogP contribution in [0.2, 0.25) is 5.15 Å². The maximum absolute atomic E-state index is 12.0. The number of nitrogens with zero attached hydrogens (tertiary/aromatic N) is 2. The second kappa shape index (κ2) is 8.87. The molecule has 26 heavy (non-hydrogen) atoms. The fourth-order valence-electron chi connectivity index (χ4n) is 2.16. The number of amides is 3. The Morgan fingerprint density at radius 3 is 2.38 bits per heavy atom. The van der Waals surface area contributed by atoms with Crippen molar-refractivity contribution in [1.82, 2.24) is 15.1 Å². The molecule has 0 unspecified atom stereocenters. The first-order valence-corrected chi connectivity index (χ1v) is 8.22. The highest BCUT2D eigenvalue weighted by Crippen LogP contribution is 2.20. The molecule has 3 N–H and O–H groups in total. The number of aryl methyl sites for hydroxylation is 2. The van der Waals surface area contributed by atoms with E-state index in [-0.39, 0.29) is 11.9 Å². The van der Waals surface area contributed by atoms with Crippen molar-refractivity contribution in [3.05, 3.63) is 59.4 Å². The lowest BCUT2D eigenvalue weighted by atomic mass is 10.2. The molecule has 3 amide bonds. The van der Waals surface area contributed by atoms with Crippen LogP contribution in [-0.4, -0.2) is 28.3 Å². The standard InChI is InChI=1S/C18H20ClN5O2/c1-4-11-20-18(26)22-14-7-5-13(6-8-14)21-16(25)10-9-15-12(2)23-24(3)17(15)19/h4-10H,1,11H2,2-3H3,(H,21,25)(H2,20,22,26)/b10-9+. The van der Waals surface area contributed by atoms with Gasteiger partial charge in [0.25, 0.3) is 0 Å². The third-order valence-electron chi connectivity index (χ3n) is 3.41. The SMILES string of the molecule is C=CCNC(=O)Nc1ccc(NC(=O)/C=C/c2c(C)nn(C)c2Cl)cc1. The molecule has 2 aromatic rings. The van der Waals surface area contributed by atoms with Gasteiger partial charge < -0.3 is 16.0 Å². The van der Waals surface area contributed by atoms with E-state index >= 15 is 0 Å². The van der Waals surface area contributed by atoms with Crippen molar-refractivity contribution in [3.8, 4) is 0 Å². The van der Waals surface area contributed by atoms with Crippen molar-refractivity contribution in [1.29, 1.82) is 0 Å². The van der Waals surface area contributed by atoms with Gasteiger partial charge in [-0.05, 0) is 37.3 Å². The number of nitrogens with one attached hydrogen (secondary N) is 3. The fraction of sp³-hybridized carbons (Fsp3) is 0.167. The van der Waals surface area contributed by atoms with E-state index in [1.807, 2.05) is 6.92 Å². The smallest absolute Gasteiger partial charge is 0.319 e. The maximum Gasteiger partial charge on any atom is 0.319 e. The van der Waals surface area contributed by atoms with Crippen molar-refractivity contribution in [2.45, 2.75) is 6.92 Å². The van der Waals surface area contributed by atoms with Crippen LogP contribution in [0.4, 0.5) is 16.2 Å². The summed E-state index contributed by atoms with van der Waals surface area (Å²) in [6.07, 6.45) is 4.61. The van der Waals surface area contributed by atoms with Crippen molar-refractivity contribution in [2.24, 2.45) is 7.05 Å². The minimum absolute atomic E-state index is 0.297. The predicted octanol–water partition coefficient (Wildman–Crippen LogP) is 3.34. The lowest BCUT2D eigenvalue weighted by Gasteiger charge is -2.07. The normalized spacial score (nSPS) is 10.6. The summed E-state index contributed by atoms with van der Waals surface area (Å²) >= 11 is 6.12. The number of benzene rings is 1. The number of anilines is 2. The number of halogens is 1. The molecule has 7 nitrogen and oxygen atoms in total. The Kier molecular flexibility index (Phi) is 6.57. The van der Waals surface area contributed by atoms with Gasteiger partial charge in [-0.15, -0.1) is 6.58 Å². The zero-order valence-corrected chi connectivity index (χ0v) is 15.3. The summed E-state index contributed by atoms with van der Waals surface area (Å²) in [5, 5.41) is 12.7. The van der Waals surface area contributed by atoms with Gasteiger partial charge in [-0.3, -0.25) is 9.48 Å². The topological polar surface area (TPSA) is 88.1 Å². The Morgan fingerprint density at radius 2 is 1.85 bits per heavy atom. The minimum Gasteiger partial charge on any atom is -0.334 e. The van der Waals surface area contributed by atoms with Crippen molar-refractivity contribution in [3.63, 3.8) is 0 Å². The molecule has 2 rings (SSSR count). The molecule has 0 radical (unpaired) electrons. The first-order chi connectivity index (χ1) is 12.4. The van der Waals surface area contributed by atoms with E-state index in [1.165, 1.54) is 6.08 Å². The van der Waals surface area contributed by atoms with E-state index in [9.17, 15) is 9.59 Å². The number of hydrogen-bond donors (Lipinski definition) is 3. The van der Waals surface area contributed by atoms with Crippen molar-refractivity contribution < 1.29 is 9.59 Å². The van der Waals surface area contributed by atoms with Gasteiger partial charge in [-0.2, -0.15) is 5.10 Å². The second-order valence-electron chi connectivity index (χ2n) is 5.44. The summed E-state index contributed by atoms with van der Waals surface area (Å²) in [4.78, 5) is 23.6. The Labute approximate surface area is 156 Å². The van der Waals surface area contributed by atoms with E-state index in [2.05, 4.69) is 27.6 Å². The molecule has 0 aliphatic carbocycles. The Hall–Kier alpha value is -3.06. The lowest BCUT2D eigenvalue weighted by molar-refractivity contribution is -0.111. The average Bonchev–Trinajstić information content (AvgIpc) is 2.85. The lowest BCUT2D eigenvalue weighted by Crippen LogP contribution is -2.28. The fourth-order valence-corrected chi connectivity index (χ4v) is 2.39. The summed E-state index contributed by atoms with van der Waals surface area (Å²) in [5.41, 5.74) is 2.66. The molecule has 0 aliphatic rings. The van der Waals surface area contributed by atoms with Crippen LogP contribution in [0, 0.1) is 6.92 Å². The van der Waals surface area contributed by atoms with Gasteiger partial charge in [0.1, 0.15) is 5.15 Å². The molecule has 0 spiro atoms. The van der Waals surface area contributed by atoms with Gasteiger partial charge >= 0.3 is 6.03 Å². The summed E-state index contributed by atoms with van der Waals surface area (Å²) < 4.78 is 1.55. The quantitative estimate of drug-likeness (QED) is 0.536. The van der Waals surface area contributed by atoms with Crippen LogP contribution in [0.15, 0.2) is 43.0 Å². The van der Waals surface area contributed by atoms with E-state index in [0.29, 0.717) is 28.6 Å². The van der Waals surface area contributed by atoms with E-state index in [1.54, 1.807) is 48.1 Å². The largest absolute Gasteiger partial charge is 0.334 e. The maximum atomic E-state index is 12.0. The molecule has 0 atom stereocenters. The van der Waals surface area contributed by atoms with Crippen molar-refractivity contribution >= 4 is 41.0 Å². The van der Waals surface area contributed by atoms with Gasteiger partial charge in [-0.25, -0.2) is 4.79 Å². The highest BCUT2D eigenvalue weighted by Gasteiger charge is 2.08. The number of rotatable bonds is 6. The Balaban J connectivity index is 1.94.